The van der Waals surface area contributed by atoms with Crippen molar-refractivity contribution in [1.82, 2.24) is 15.1 Å². The third-order valence-electron chi connectivity index (χ3n) is 3.77. The number of nitrogens with zero attached hydrogens (tertiary/aromatic N) is 2. The third-order valence-corrected chi connectivity index (χ3v) is 3.77. The molecule has 2 rings (SSSR count). The smallest absolute Gasteiger partial charge is 0.0666 e. The van der Waals surface area contributed by atoms with Crippen molar-refractivity contribution in [3.8, 4) is 0 Å². The first-order valence-electron chi connectivity index (χ1n) is 6.60. The Morgan fingerprint density at radius 3 is 3.06 bits per heavy atom. The predicted octanol–water partition coefficient (Wildman–Crippen LogP) is 1.23. The minimum atomic E-state index is 0.311. The highest BCUT2D eigenvalue weighted by Gasteiger charge is 2.26. The van der Waals surface area contributed by atoms with Gasteiger partial charge in [0.25, 0.3) is 0 Å². The van der Waals surface area contributed by atoms with Gasteiger partial charge < -0.3 is 10.4 Å². The quantitative estimate of drug-likeness (QED) is 0.810. The molecule has 0 aliphatic heterocycles. The Bertz CT molecular complexity index is 362. The van der Waals surface area contributed by atoms with E-state index in [9.17, 15) is 5.11 Å². The molecule has 0 saturated heterocycles. The van der Waals surface area contributed by atoms with Crippen molar-refractivity contribution < 1.29 is 5.11 Å². The fraction of sp³-hybridized carbons (Fsp3) is 0.769. The lowest BCUT2D eigenvalue weighted by Gasteiger charge is -2.18. The molecular weight excluding hydrogens is 214 g/mol. The summed E-state index contributed by atoms with van der Waals surface area (Å²) in [4.78, 5) is 0. The molecule has 1 aromatic rings. The standard InChI is InChI=1S/C13H23N3O/c1-3-12-11(8-16(2)15-12)7-14-13-6-4-5-10(13)9-17/h8,10,13-14,17H,3-7,9H2,1-2H3. The summed E-state index contributed by atoms with van der Waals surface area (Å²) in [7, 11) is 1.97. The molecule has 17 heavy (non-hydrogen) atoms. The van der Waals surface area contributed by atoms with E-state index in [1.54, 1.807) is 0 Å². The van der Waals surface area contributed by atoms with Gasteiger partial charge >= 0.3 is 0 Å². The molecule has 0 radical (unpaired) electrons. The lowest BCUT2D eigenvalue weighted by atomic mass is 10.0. The molecule has 4 heteroatoms. The van der Waals surface area contributed by atoms with E-state index >= 15 is 0 Å². The molecule has 0 bridgehead atoms. The minimum Gasteiger partial charge on any atom is -0.396 e. The van der Waals surface area contributed by atoms with Crippen LogP contribution in [-0.2, 0) is 20.0 Å². The Morgan fingerprint density at radius 1 is 1.53 bits per heavy atom. The molecule has 1 saturated carbocycles. The molecule has 0 spiro atoms. The van der Waals surface area contributed by atoms with Crippen LogP contribution in [-0.4, -0.2) is 27.5 Å². The Morgan fingerprint density at radius 2 is 2.35 bits per heavy atom. The largest absolute Gasteiger partial charge is 0.396 e. The molecule has 2 N–H and O–H groups in total. The number of rotatable bonds is 5. The lowest BCUT2D eigenvalue weighted by Crippen LogP contribution is -2.33. The number of aromatic nitrogens is 2. The molecule has 1 aliphatic carbocycles. The van der Waals surface area contributed by atoms with Gasteiger partial charge in [0.1, 0.15) is 0 Å². The van der Waals surface area contributed by atoms with E-state index < -0.39 is 0 Å². The molecule has 0 amide bonds. The van der Waals surface area contributed by atoms with E-state index in [4.69, 9.17) is 0 Å². The third kappa shape index (κ3) is 2.87. The second-order valence-electron chi connectivity index (χ2n) is 4.99. The van der Waals surface area contributed by atoms with E-state index in [-0.39, 0.29) is 0 Å². The number of hydrogen-bond acceptors (Lipinski definition) is 3. The zero-order chi connectivity index (χ0) is 12.3. The molecule has 1 fully saturated rings. The van der Waals surface area contributed by atoms with Crippen LogP contribution in [0.25, 0.3) is 0 Å². The second kappa shape index (κ2) is 5.65. The summed E-state index contributed by atoms with van der Waals surface area (Å²) in [5.41, 5.74) is 2.47. The van der Waals surface area contributed by atoms with Gasteiger partial charge in [0.05, 0.1) is 5.69 Å². The highest BCUT2D eigenvalue weighted by atomic mass is 16.3. The van der Waals surface area contributed by atoms with Gasteiger partial charge in [-0.15, -0.1) is 0 Å². The zero-order valence-corrected chi connectivity index (χ0v) is 10.8. The van der Waals surface area contributed by atoms with Gasteiger partial charge in [-0.25, -0.2) is 0 Å². The first-order valence-corrected chi connectivity index (χ1v) is 6.60. The van der Waals surface area contributed by atoms with Crippen LogP contribution in [0.4, 0.5) is 0 Å². The Hall–Kier alpha value is -0.870. The van der Waals surface area contributed by atoms with E-state index in [1.807, 2.05) is 11.7 Å². The summed E-state index contributed by atoms with van der Waals surface area (Å²) in [5.74, 6) is 0.441. The second-order valence-corrected chi connectivity index (χ2v) is 4.99. The van der Waals surface area contributed by atoms with Crippen LogP contribution in [0, 0.1) is 5.92 Å². The molecule has 1 aliphatic rings. The minimum absolute atomic E-state index is 0.311. The first-order chi connectivity index (χ1) is 8.24. The summed E-state index contributed by atoms with van der Waals surface area (Å²) in [5, 5.41) is 17.3. The van der Waals surface area contributed by atoms with Crippen molar-refractivity contribution in [2.45, 2.75) is 45.2 Å². The summed E-state index contributed by atoms with van der Waals surface area (Å²) in [6.45, 7) is 3.32. The van der Waals surface area contributed by atoms with Gasteiger partial charge in [0.15, 0.2) is 0 Å². The van der Waals surface area contributed by atoms with E-state index in [0.29, 0.717) is 18.6 Å². The van der Waals surface area contributed by atoms with Gasteiger partial charge in [0, 0.05) is 38.0 Å². The maximum absolute atomic E-state index is 9.28. The van der Waals surface area contributed by atoms with Crippen molar-refractivity contribution >= 4 is 0 Å². The van der Waals surface area contributed by atoms with Crippen molar-refractivity contribution in [3.63, 3.8) is 0 Å². The van der Waals surface area contributed by atoms with Crippen LogP contribution < -0.4 is 5.32 Å². The average molecular weight is 237 g/mol. The van der Waals surface area contributed by atoms with Crippen molar-refractivity contribution in [3.05, 3.63) is 17.5 Å². The van der Waals surface area contributed by atoms with Gasteiger partial charge in [-0.1, -0.05) is 13.3 Å². The summed E-state index contributed by atoms with van der Waals surface area (Å²) in [6.07, 6.45) is 6.64. The predicted molar refractivity (Wildman–Crippen MR) is 67.6 cm³/mol. The van der Waals surface area contributed by atoms with E-state index in [0.717, 1.165) is 19.4 Å². The van der Waals surface area contributed by atoms with Gasteiger partial charge in [0.2, 0.25) is 0 Å². The van der Waals surface area contributed by atoms with Crippen LogP contribution in [0.1, 0.15) is 37.4 Å². The highest BCUT2D eigenvalue weighted by molar-refractivity contribution is 5.16. The van der Waals surface area contributed by atoms with Crippen LogP contribution in [0.3, 0.4) is 0 Å². The molecule has 4 nitrogen and oxygen atoms in total. The maximum atomic E-state index is 9.28. The molecule has 1 heterocycles. The van der Waals surface area contributed by atoms with Crippen molar-refractivity contribution in [1.29, 1.82) is 0 Å². The van der Waals surface area contributed by atoms with Crippen molar-refractivity contribution in [2.24, 2.45) is 13.0 Å². The van der Waals surface area contributed by atoms with Gasteiger partial charge in [-0.3, -0.25) is 4.68 Å². The number of hydrogen-bond donors (Lipinski definition) is 2. The first kappa shape index (κ1) is 12.6. The Labute approximate surface area is 103 Å². The van der Waals surface area contributed by atoms with Gasteiger partial charge in [-0.2, -0.15) is 5.10 Å². The molecule has 2 atom stereocenters. The fourth-order valence-corrected chi connectivity index (χ4v) is 2.79. The van der Waals surface area contributed by atoms with Crippen LogP contribution in [0.15, 0.2) is 6.20 Å². The SMILES string of the molecule is CCc1nn(C)cc1CNC1CCCC1CO. The number of aryl methyl sites for hydroxylation is 2. The summed E-state index contributed by atoms with van der Waals surface area (Å²) in [6, 6.07) is 0.477. The Balaban J connectivity index is 1.92. The van der Waals surface area contributed by atoms with E-state index in [2.05, 4.69) is 23.5 Å². The average Bonchev–Trinajstić information content (AvgIpc) is 2.91. The molecule has 96 valence electrons. The van der Waals surface area contributed by atoms with Crippen LogP contribution in [0.5, 0.6) is 0 Å². The number of aliphatic hydroxyl groups is 1. The lowest BCUT2D eigenvalue weighted by molar-refractivity contribution is 0.205. The monoisotopic (exact) mass is 237 g/mol. The highest BCUT2D eigenvalue weighted by Crippen LogP contribution is 2.25. The fourth-order valence-electron chi connectivity index (χ4n) is 2.79. The number of aliphatic hydroxyl groups excluding tert-OH is 1. The Kier molecular flexibility index (Phi) is 4.18. The molecule has 0 aromatic carbocycles. The summed E-state index contributed by atoms with van der Waals surface area (Å²) < 4.78 is 1.88. The summed E-state index contributed by atoms with van der Waals surface area (Å²) >= 11 is 0. The molecule has 1 aromatic heterocycles. The van der Waals surface area contributed by atoms with Gasteiger partial charge in [-0.05, 0) is 25.2 Å². The van der Waals surface area contributed by atoms with E-state index in [1.165, 1.54) is 24.1 Å². The number of nitrogens with one attached hydrogen (secondary N) is 1. The van der Waals surface area contributed by atoms with Crippen LogP contribution in [0.2, 0.25) is 0 Å². The maximum Gasteiger partial charge on any atom is 0.0666 e. The van der Waals surface area contributed by atoms with Crippen molar-refractivity contribution in [2.75, 3.05) is 6.61 Å². The van der Waals surface area contributed by atoms with Crippen LogP contribution >= 0.6 is 0 Å². The normalized spacial score (nSPS) is 24.4. The topological polar surface area (TPSA) is 50.1 Å². The zero-order valence-electron chi connectivity index (χ0n) is 10.8. The molecule has 2 unspecified atom stereocenters. The molecular formula is C13H23N3O.